The van der Waals surface area contributed by atoms with E-state index in [1.807, 2.05) is 24.3 Å². The van der Waals surface area contributed by atoms with Gasteiger partial charge in [-0.3, -0.25) is 9.59 Å². The zero-order valence-corrected chi connectivity index (χ0v) is 13.1. The first-order valence-electron chi connectivity index (χ1n) is 7.64. The van der Waals surface area contributed by atoms with Crippen molar-refractivity contribution < 1.29 is 19.1 Å². The van der Waals surface area contributed by atoms with Crippen molar-refractivity contribution in [2.75, 3.05) is 13.2 Å². The number of rotatable bonds is 7. The largest absolute Gasteiger partial charge is 0.465 e. The first-order chi connectivity index (χ1) is 10.6. The molecule has 0 aromatic heterocycles. The van der Waals surface area contributed by atoms with E-state index in [9.17, 15) is 9.59 Å². The molecular weight excluding hydrogens is 280 g/mol. The Kier molecular flexibility index (Phi) is 5.01. The molecule has 1 unspecified atom stereocenters. The Morgan fingerprint density at radius 3 is 2.36 bits per heavy atom. The summed E-state index contributed by atoms with van der Waals surface area (Å²) in [6.45, 7) is 7.80. The Morgan fingerprint density at radius 1 is 1.23 bits per heavy atom. The van der Waals surface area contributed by atoms with Crippen LogP contribution in [-0.4, -0.2) is 25.2 Å². The maximum Gasteiger partial charge on any atom is 0.323 e. The molecule has 1 fully saturated rings. The minimum atomic E-state index is -1.12. The zero-order valence-electron chi connectivity index (χ0n) is 13.1. The van der Waals surface area contributed by atoms with Crippen LogP contribution in [0.1, 0.15) is 31.4 Å². The highest BCUT2D eigenvalue weighted by atomic mass is 16.6. The number of ether oxygens (including phenoxy) is 2. The number of benzene rings is 1. The summed E-state index contributed by atoms with van der Waals surface area (Å²) in [7, 11) is 0. The second-order valence-electron chi connectivity index (χ2n) is 5.42. The first-order valence-corrected chi connectivity index (χ1v) is 7.64. The fourth-order valence-electron chi connectivity index (χ4n) is 2.86. The van der Waals surface area contributed by atoms with Gasteiger partial charge in [-0.05, 0) is 43.7 Å². The molecule has 118 valence electrons. The molecule has 22 heavy (non-hydrogen) atoms. The van der Waals surface area contributed by atoms with Crippen molar-refractivity contribution in [3.8, 4) is 0 Å². The highest BCUT2D eigenvalue weighted by molar-refractivity contribution is 6.04. The van der Waals surface area contributed by atoms with Crippen LogP contribution in [0.4, 0.5) is 0 Å². The molecule has 0 bridgehead atoms. The van der Waals surface area contributed by atoms with Gasteiger partial charge in [0.1, 0.15) is 0 Å². The molecule has 1 aromatic carbocycles. The fourth-order valence-corrected chi connectivity index (χ4v) is 2.86. The van der Waals surface area contributed by atoms with E-state index in [1.54, 1.807) is 19.9 Å². The summed E-state index contributed by atoms with van der Waals surface area (Å²) < 4.78 is 10.2. The van der Waals surface area contributed by atoms with Crippen molar-refractivity contribution >= 4 is 18.0 Å². The van der Waals surface area contributed by atoms with Gasteiger partial charge in [0.05, 0.1) is 13.2 Å². The van der Waals surface area contributed by atoms with Gasteiger partial charge in [-0.15, -0.1) is 0 Å². The van der Waals surface area contributed by atoms with Crippen LogP contribution in [0.5, 0.6) is 0 Å². The summed E-state index contributed by atoms with van der Waals surface area (Å²) in [5.74, 6) is -1.00. The van der Waals surface area contributed by atoms with Gasteiger partial charge in [-0.25, -0.2) is 0 Å². The monoisotopic (exact) mass is 302 g/mol. The van der Waals surface area contributed by atoms with Gasteiger partial charge in [0, 0.05) is 0 Å². The van der Waals surface area contributed by atoms with Crippen LogP contribution in [0.15, 0.2) is 30.8 Å². The first kappa shape index (κ1) is 16.3. The van der Waals surface area contributed by atoms with Crippen molar-refractivity contribution in [3.63, 3.8) is 0 Å². The maximum atomic E-state index is 12.3. The maximum absolute atomic E-state index is 12.3. The van der Waals surface area contributed by atoms with E-state index >= 15 is 0 Å². The van der Waals surface area contributed by atoms with E-state index in [1.165, 1.54) is 0 Å². The van der Waals surface area contributed by atoms with Gasteiger partial charge in [0.15, 0.2) is 5.41 Å². The second kappa shape index (κ2) is 6.77. The molecule has 1 atom stereocenters. The van der Waals surface area contributed by atoms with Crippen LogP contribution >= 0.6 is 0 Å². The van der Waals surface area contributed by atoms with E-state index in [0.29, 0.717) is 12.8 Å². The fraction of sp³-hybridized carbons (Fsp3) is 0.444. The predicted octanol–water partition coefficient (Wildman–Crippen LogP) is 3.00. The van der Waals surface area contributed by atoms with Crippen molar-refractivity contribution in [1.82, 2.24) is 0 Å². The van der Waals surface area contributed by atoms with Gasteiger partial charge in [-0.2, -0.15) is 0 Å². The number of esters is 2. The lowest BCUT2D eigenvalue weighted by atomic mass is 9.96. The smallest absolute Gasteiger partial charge is 0.323 e. The molecule has 1 aromatic rings. The minimum absolute atomic E-state index is 0.0771. The molecule has 4 heteroatoms. The van der Waals surface area contributed by atoms with Crippen LogP contribution < -0.4 is 0 Å². The van der Waals surface area contributed by atoms with Crippen molar-refractivity contribution in [2.45, 2.75) is 26.7 Å². The van der Waals surface area contributed by atoms with Crippen LogP contribution in [0.2, 0.25) is 0 Å². The molecule has 0 N–H and O–H groups in total. The lowest BCUT2D eigenvalue weighted by molar-refractivity contribution is -0.165. The van der Waals surface area contributed by atoms with Crippen LogP contribution in [0.25, 0.3) is 6.08 Å². The Labute approximate surface area is 131 Å². The van der Waals surface area contributed by atoms with E-state index in [0.717, 1.165) is 11.1 Å². The van der Waals surface area contributed by atoms with Gasteiger partial charge < -0.3 is 9.47 Å². The molecule has 0 saturated heterocycles. The molecule has 1 aliphatic rings. The normalized spacial score (nSPS) is 18.4. The summed E-state index contributed by atoms with van der Waals surface area (Å²) in [5, 5.41) is 0. The van der Waals surface area contributed by atoms with E-state index in [-0.39, 0.29) is 19.1 Å². The molecule has 0 spiro atoms. The lowest BCUT2D eigenvalue weighted by Gasteiger charge is -2.15. The number of carbonyl (C=O) groups is 2. The Balaban J connectivity index is 2.20. The molecule has 1 saturated carbocycles. The highest BCUT2D eigenvalue weighted by Gasteiger charge is 2.67. The van der Waals surface area contributed by atoms with E-state index in [2.05, 4.69) is 6.58 Å². The van der Waals surface area contributed by atoms with Gasteiger partial charge in [-0.1, -0.05) is 36.9 Å². The minimum Gasteiger partial charge on any atom is -0.465 e. The SMILES string of the molecule is C=Cc1ccccc1CC1CC1(C(=O)OCC)C(=O)OCC. The van der Waals surface area contributed by atoms with Gasteiger partial charge in [0.25, 0.3) is 0 Å². The van der Waals surface area contributed by atoms with Crippen LogP contribution in [0.3, 0.4) is 0 Å². The summed E-state index contributed by atoms with van der Waals surface area (Å²) in [5.41, 5.74) is 0.981. The van der Waals surface area contributed by atoms with Crippen LogP contribution in [-0.2, 0) is 25.5 Å². The molecule has 2 rings (SSSR count). The number of carbonyl (C=O) groups excluding carboxylic acids is 2. The summed E-state index contributed by atoms with van der Waals surface area (Å²) in [6.07, 6.45) is 2.91. The topological polar surface area (TPSA) is 52.6 Å². The average molecular weight is 302 g/mol. The van der Waals surface area contributed by atoms with Gasteiger partial charge in [0.2, 0.25) is 0 Å². The van der Waals surface area contributed by atoms with E-state index < -0.39 is 17.4 Å². The molecule has 0 heterocycles. The molecule has 1 aliphatic carbocycles. The van der Waals surface area contributed by atoms with Crippen LogP contribution in [0, 0.1) is 11.3 Å². The third kappa shape index (κ3) is 2.91. The van der Waals surface area contributed by atoms with Gasteiger partial charge >= 0.3 is 11.9 Å². The number of hydrogen-bond donors (Lipinski definition) is 0. The summed E-state index contributed by atoms with van der Waals surface area (Å²) in [6, 6.07) is 7.86. The Hall–Kier alpha value is -2.10. The zero-order chi connectivity index (χ0) is 16.2. The third-order valence-corrected chi connectivity index (χ3v) is 4.13. The standard InChI is InChI=1S/C18H22O4/c1-4-13-9-7-8-10-14(13)11-15-12-18(15,16(19)21-5-2)17(20)22-6-3/h4,7-10,15H,1,5-6,11-12H2,2-3H3. The van der Waals surface area contributed by atoms with Crippen molar-refractivity contribution in [3.05, 3.63) is 42.0 Å². The molecule has 4 nitrogen and oxygen atoms in total. The lowest BCUT2D eigenvalue weighted by Crippen LogP contribution is -2.32. The molecule has 0 aliphatic heterocycles. The molecule has 0 amide bonds. The summed E-state index contributed by atoms with van der Waals surface area (Å²) >= 11 is 0. The van der Waals surface area contributed by atoms with E-state index in [4.69, 9.17) is 9.47 Å². The molecular formula is C18H22O4. The predicted molar refractivity (Wildman–Crippen MR) is 84.0 cm³/mol. The van der Waals surface area contributed by atoms with Crippen molar-refractivity contribution in [1.29, 1.82) is 0 Å². The highest BCUT2D eigenvalue weighted by Crippen LogP contribution is 2.56. The number of hydrogen-bond acceptors (Lipinski definition) is 4. The second-order valence-corrected chi connectivity index (χ2v) is 5.42. The quantitative estimate of drug-likeness (QED) is 0.574. The Bertz CT molecular complexity index is 558. The Morgan fingerprint density at radius 2 is 1.82 bits per heavy atom. The summed E-state index contributed by atoms with van der Waals surface area (Å²) in [4.78, 5) is 24.5. The van der Waals surface area contributed by atoms with Crippen molar-refractivity contribution in [2.24, 2.45) is 11.3 Å². The average Bonchev–Trinajstić information content (AvgIpc) is 3.24. The molecule has 0 radical (unpaired) electrons. The third-order valence-electron chi connectivity index (χ3n) is 4.13.